The van der Waals surface area contributed by atoms with Crippen molar-refractivity contribution < 1.29 is 17.6 Å². The average molecular weight is 365 g/mol. The Balaban J connectivity index is 2.52. The molecule has 1 amide bonds. The van der Waals surface area contributed by atoms with Crippen molar-refractivity contribution in [2.24, 2.45) is 0 Å². The molecule has 2 rings (SSSR count). The summed E-state index contributed by atoms with van der Waals surface area (Å²) in [7, 11) is -3.89. The van der Waals surface area contributed by atoms with Crippen LogP contribution in [0.2, 0.25) is 0 Å². The number of carbonyl (C=O) groups excluding carboxylic acids is 1. The van der Waals surface area contributed by atoms with E-state index in [1.807, 2.05) is 0 Å². The van der Waals surface area contributed by atoms with Crippen LogP contribution in [0.25, 0.3) is 0 Å². The number of hydrogen-bond acceptors (Lipinski definition) is 3. The van der Waals surface area contributed by atoms with Crippen LogP contribution < -0.4 is 5.32 Å². The zero-order valence-corrected chi connectivity index (χ0v) is 13.4. The Morgan fingerprint density at radius 3 is 2.65 bits per heavy atom. The molecule has 1 fully saturated rings. The van der Waals surface area contributed by atoms with Crippen molar-refractivity contribution >= 4 is 31.9 Å². The molecule has 0 bridgehead atoms. The van der Waals surface area contributed by atoms with Crippen LogP contribution in [0.1, 0.15) is 13.8 Å². The summed E-state index contributed by atoms with van der Waals surface area (Å²) in [5.41, 5.74) is -1.19. The van der Waals surface area contributed by atoms with Crippen LogP contribution in [0.15, 0.2) is 27.6 Å². The molecule has 0 radical (unpaired) electrons. The highest BCUT2D eigenvalue weighted by Crippen LogP contribution is 2.31. The highest BCUT2D eigenvalue weighted by molar-refractivity contribution is 9.10. The number of benzene rings is 1. The highest BCUT2D eigenvalue weighted by atomic mass is 79.9. The predicted molar refractivity (Wildman–Crippen MR) is 75.1 cm³/mol. The smallest absolute Gasteiger partial charge is 0.245 e. The summed E-state index contributed by atoms with van der Waals surface area (Å²) in [6.45, 7) is 3.50. The maximum Gasteiger partial charge on any atom is 0.245 e. The van der Waals surface area contributed by atoms with Gasteiger partial charge in [0, 0.05) is 17.6 Å². The van der Waals surface area contributed by atoms with Gasteiger partial charge < -0.3 is 5.32 Å². The lowest BCUT2D eigenvalue weighted by atomic mass is 10.0. The van der Waals surface area contributed by atoms with Gasteiger partial charge in [-0.1, -0.05) is 0 Å². The van der Waals surface area contributed by atoms with Crippen molar-refractivity contribution in [1.82, 2.24) is 9.62 Å². The Bertz CT molecular complexity index is 661. The molecular weight excluding hydrogens is 351 g/mol. The van der Waals surface area contributed by atoms with E-state index in [4.69, 9.17) is 0 Å². The van der Waals surface area contributed by atoms with Gasteiger partial charge in [0.25, 0.3) is 0 Å². The first kappa shape index (κ1) is 15.4. The molecule has 1 N–H and O–H groups in total. The molecule has 0 unspecified atom stereocenters. The quantitative estimate of drug-likeness (QED) is 0.864. The van der Waals surface area contributed by atoms with Crippen LogP contribution in [0.3, 0.4) is 0 Å². The number of piperazine rings is 1. The number of halogens is 2. The highest BCUT2D eigenvalue weighted by Gasteiger charge is 2.45. The predicted octanol–water partition coefficient (Wildman–Crippen LogP) is 1.49. The fourth-order valence-corrected chi connectivity index (χ4v) is 4.87. The van der Waals surface area contributed by atoms with Gasteiger partial charge in [-0.15, -0.1) is 0 Å². The first-order valence-electron chi connectivity index (χ1n) is 5.93. The standard InChI is InChI=1S/C12H14BrFN2O3S/c1-12(2)11(17)15-5-6-16(12)20(18,19)10-4-3-8(14)7-9(10)13/h3-4,7H,5-6H2,1-2H3,(H,15,17). The van der Waals surface area contributed by atoms with E-state index >= 15 is 0 Å². The topological polar surface area (TPSA) is 66.5 Å². The number of amides is 1. The first-order valence-corrected chi connectivity index (χ1v) is 8.17. The second-order valence-electron chi connectivity index (χ2n) is 4.97. The lowest BCUT2D eigenvalue weighted by molar-refractivity contribution is -0.131. The van der Waals surface area contributed by atoms with Crippen molar-refractivity contribution in [1.29, 1.82) is 0 Å². The van der Waals surface area contributed by atoms with Crippen molar-refractivity contribution in [2.75, 3.05) is 13.1 Å². The van der Waals surface area contributed by atoms with Crippen LogP contribution in [-0.2, 0) is 14.8 Å². The fourth-order valence-electron chi connectivity index (χ4n) is 2.10. The molecule has 1 aliphatic heterocycles. The minimum absolute atomic E-state index is 0.0540. The van der Waals surface area contributed by atoms with E-state index in [0.29, 0.717) is 0 Å². The Hall–Kier alpha value is -0.990. The van der Waals surface area contributed by atoms with E-state index in [1.165, 1.54) is 19.9 Å². The van der Waals surface area contributed by atoms with Crippen molar-refractivity contribution in [2.45, 2.75) is 24.3 Å². The molecule has 0 aromatic heterocycles. The van der Waals surface area contributed by atoms with Crippen LogP contribution in [0, 0.1) is 5.82 Å². The minimum Gasteiger partial charge on any atom is -0.353 e. The molecule has 0 atom stereocenters. The number of carbonyl (C=O) groups is 1. The molecule has 1 heterocycles. The van der Waals surface area contributed by atoms with Gasteiger partial charge in [0.05, 0.1) is 4.90 Å². The molecule has 0 saturated carbocycles. The molecule has 1 aromatic rings. The van der Waals surface area contributed by atoms with Gasteiger partial charge in [-0.05, 0) is 48.0 Å². The molecule has 1 aromatic carbocycles. The van der Waals surface area contributed by atoms with Gasteiger partial charge in [-0.2, -0.15) is 4.31 Å². The minimum atomic E-state index is -3.89. The molecular formula is C12H14BrFN2O3S. The van der Waals surface area contributed by atoms with Crippen molar-refractivity contribution in [3.05, 3.63) is 28.5 Å². The van der Waals surface area contributed by atoms with Crippen molar-refractivity contribution in [3.63, 3.8) is 0 Å². The third-order valence-corrected chi connectivity index (χ3v) is 6.29. The SMILES string of the molecule is CC1(C)C(=O)NCCN1S(=O)(=O)c1ccc(F)cc1Br. The van der Waals surface area contributed by atoms with Crippen LogP contribution >= 0.6 is 15.9 Å². The molecule has 20 heavy (non-hydrogen) atoms. The second-order valence-corrected chi connectivity index (χ2v) is 7.65. The van der Waals surface area contributed by atoms with Crippen LogP contribution in [0.4, 0.5) is 4.39 Å². The fraction of sp³-hybridized carbons (Fsp3) is 0.417. The normalized spacial score (nSPS) is 19.7. The summed E-state index contributed by atoms with van der Waals surface area (Å²) in [5.74, 6) is -0.892. The Morgan fingerprint density at radius 2 is 2.05 bits per heavy atom. The molecule has 1 aliphatic rings. The van der Waals surface area contributed by atoms with Crippen LogP contribution in [0.5, 0.6) is 0 Å². The van der Waals surface area contributed by atoms with Gasteiger partial charge in [0.2, 0.25) is 15.9 Å². The van der Waals surface area contributed by atoms with E-state index in [1.54, 1.807) is 0 Å². The third-order valence-electron chi connectivity index (χ3n) is 3.24. The number of sulfonamides is 1. The van der Waals surface area contributed by atoms with E-state index in [-0.39, 0.29) is 28.4 Å². The first-order chi connectivity index (χ1) is 9.17. The molecule has 0 aliphatic carbocycles. The van der Waals surface area contributed by atoms with Gasteiger partial charge in [0.1, 0.15) is 11.4 Å². The van der Waals surface area contributed by atoms with Gasteiger partial charge in [0.15, 0.2) is 0 Å². The molecule has 1 saturated heterocycles. The summed E-state index contributed by atoms with van der Waals surface area (Å²) in [4.78, 5) is 11.8. The van der Waals surface area contributed by atoms with E-state index < -0.39 is 21.4 Å². The number of rotatable bonds is 2. The van der Waals surface area contributed by atoms with Gasteiger partial charge in [-0.25, -0.2) is 12.8 Å². The Kier molecular flexibility index (Phi) is 3.92. The molecule has 8 heteroatoms. The van der Waals surface area contributed by atoms with Gasteiger partial charge >= 0.3 is 0 Å². The van der Waals surface area contributed by atoms with Crippen LogP contribution in [-0.4, -0.2) is 37.3 Å². The molecule has 0 spiro atoms. The van der Waals surface area contributed by atoms with Crippen molar-refractivity contribution in [3.8, 4) is 0 Å². The number of nitrogens with one attached hydrogen (secondary N) is 1. The summed E-state index contributed by atoms with van der Waals surface area (Å²) >= 11 is 3.06. The summed E-state index contributed by atoms with van der Waals surface area (Å²) in [6.07, 6.45) is 0. The van der Waals surface area contributed by atoms with E-state index in [0.717, 1.165) is 16.4 Å². The molecule has 5 nitrogen and oxygen atoms in total. The monoisotopic (exact) mass is 364 g/mol. The maximum atomic E-state index is 13.1. The lowest BCUT2D eigenvalue weighted by Crippen LogP contribution is -2.63. The third kappa shape index (κ3) is 2.47. The zero-order chi connectivity index (χ0) is 15.1. The Morgan fingerprint density at radius 1 is 1.40 bits per heavy atom. The Labute approximate surface area is 125 Å². The van der Waals surface area contributed by atoms with Gasteiger partial charge in [-0.3, -0.25) is 4.79 Å². The van der Waals surface area contributed by atoms with E-state index in [2.05, 4.69) is 21.2 Å². The maximum absolute atomic E-state index is 13.1. The van der Waals surface area contributed by atoms with E-state index in [9.17, 15) is 17.6 Å². The average Bonchev–Trinajstić information content (AvgIpc) is 2.31. The molecule has 110 valence electrons. The number of nitrogens with zero attached hydrogens (tertiary/aromatic N) is 1. The second kappa shape index (κ2) is 5.09. The largest absolute Gasteiger partial charge is 0.353 e. The zero-order valence-electron chi connectivity index (χ0n) is 11.0. The lowest BCUT2D eigenvalue weighted by Gasteiger charge is -2.39. The summed E-state index contributed by atoms with van der Waals surface area (Å²) in [6, 6.07) is 3.36. The number of hydrogen-bond donors (Lipinski definition) is 1. The summed E-state index contributed by atoms with van der Waals surface area (Å²) in [5, 5.41) is 2.63. The summed E-state index contributed by atoms with van der Waals surface area (Å²) < 4.78 is 39.7.